The molecule has 3 fully saturated rings. The Balaban J connectivity index is 1.28. The summed E-state index contributed by atoms with van der Waals surface area (Å²) in [5, 5.41) is 2.78. The van der Waals surface area contributed by atoms with Gasteiger partial charge in [-0.2, -0.15) is 0 Å². The van der Waals surface area contributed by atoms with Crippen LogP contribution in [0.4, 0.5) is 13.2 Å². The van der Waals surface area contributed by atoms with E-state index in [0.717, 1.165) is 31.7 Å². The number of hydrogen-bond donors (Lipinski definition) is 2. The molecule has 4 rings (SSSR count). The van der Waals surface area contributed by atoms with Crippen LogP contribution in [0.2, 0.25) is 0 Å². The first-order chi connectivity index (χ1) is 15.8. The van der Waals surface area contributed by atoms with Gasteiger partial charge in [-0.05, 0) is 68.4 Å². The van der Waals surface area contributed by atoms with Crippen LogP contribution in [0.1, 0.15) is 50.5 Å². The number of nitrogens with two attached hydrogens (primary N) is 1. The number of carbonyl (C=O) groups is 2. The van der Waals surface area contributed by atoms with Gasteiger partial charge >= 0.3 is 0 Å². The molecule has 3 aliphatic heterocycles. The average Bonchev–Trinajstić information content (AvgIpc) is 3.05. The zero-order valence-corrected chi connectivity index (χ0v) is 18.7. The molecule has 0 unspecified atom stereocenters. The van der Waals surface area contributed by atoms with Crippen molar-refractivity contribution in [2.45, 2.75) is 69.5 Å². The van der Waals surface area contributed by atoms with Crippen LogP contribution in [-0.2, 0) is 20.7 Å². The molecule has 0 radical (unpaired) electrons. The molecule has 1 aromatic rings. The van der Waals surface area contributed by atoms with Crippen molar-refractivity contribution in [3.63, 3.8) is 0 Å². The first-order valence-corrected chi connectivity index (χ1v) is 11.9. The minimum atomic E-state index is -1.21. The molecule has 6 nitrogen and oxygen atoms in total. The molecule has 0 saturated carbocycles. The molecule has 3 heterocycles. The Morgan fingerprint density at radius 3 is 2.33 bits per heavy atom. The summed E-state index contributed by atoms with van der Waals surface area (Å²) in [7, 11) is 0. The lowest BCUT2D eigenvalue weighted by atomic mass is 9.82. The van der Waals surface area contributed by atoms with Gasteiger partial charge in [-0.25, -0.2) is 13.2 Å². The van der Waals surface area contributed by atoms with E-state index in [1.54, 1.807) is 0 Å². The normalized spacial score (nSPS) is 26.3. The zero-order valence-electron chi connectivity index (χ0n) is 18.7. The highest BCUT2D eigenvalue weighted by Gasteiger charge is 2.44. The Morgan fingerprint density at radius 1 is 1.03 bits per heavy atom. The van der Waals surface area contributed by atoms with Gasteiger partial charge in [-0.15, -0.1) is 0 Å². The minimum Gasteiger partial charge on any atom is -0.381 e. The van der Waals surface area contributed by atoms with Crippen LogP contribution in [-0.4, -0.2) is 54.6 Å². The van der Waals surface area contributed by atoms with E-state index in [2.05, 4.69) is 5.32 Å². The number of amides is 2. The molecule has 3 saturated heterocycles. The summed E-state index contributed by atoms with van der Waals surface area (Å²) >= 11 is 0. The second kappa shape index (κ2) is 10.4. The summed E-state index contributed by atoms with van der Waals surface area (Å²) in [6.07, 6.45) is 5.38. The second-order valence-corrected chi connectivity index (χ2v) is 9.68. The number of piperidine rings is 1. The zero-order chi connectivity index (χ0) is 23.5. The number of ether oxygens (including phenoxy) is 1. The van der Waals surface area contributed by atoms with Crippen molar-refractivity contribution in [2.75, 3.05) is 19.8 Å². The lowest BCUT2D eigenvalue weighted by Crippen LogP contribution is -2.52. The fourth-order valence-electron chi connectivity index (χ4n) is 5.67. The van der Waals surface area contributed by atoms with Crippen molar-refractivity contribution in [2.24, 2.45) is 17.6 Å². The number of halogens is 3. The van der Waals surface area contributed by atoms with Crippen LogP contribution < -0.4 is 11.1 Å². The summed E-state index contributed by atoms with van der Waals surface area (Å²) in [4.78, 5) is 27.0. The van der Waals surface area contributed by atoms with E-state index in [9.17, 15) is 22.8 Å². The first kappa shape index (κ1) is 24.0. The SMILES string of the molecule is N[C@H](Cc1cc(F)c(F)cc1F)C1C[C@H]2CC[C@H](C1)N2C(=O)CNC(=O)CC1CCOCC1. The van der Waals surface area contributed by atoms with Gasteiger partial charge in [0.25, 0.3) is 0 Å². The molecule has 2 amide bonds. The molecule has 3 atom stereocenters. The predicted molar refractivity (Wildman–Crippen MR) is 116 cm³/mol. The van der Waals surface area contributed by atoms with Crippen molar-refractivity contribution in [1.29, 1.82) is 0 Å². The lowest BCUT2D eigenvalue weighted by molar-refractivity contribution is -0.137. The lowest BCUT2D eigenvalue weighted by Gasteiger charge is -2.41. The molecular formula is C24H32F3N3O3. The van der Waals surface area contributed by atoms with Gasteiger partial charge in [-0.3, -0.25) is 9.59 Å². The van der Waals surface area contributed by atoms with Crippen LogP contribution in [0.15, 0.2) is 12.1 Å². The molecule has 33 heavy (non-hydrogen) atoms. The number of carbonyl (C=O) groups excluding carboxylic acids is 2. The summed E-state index contributed by atoms with van der Waals surface area (Å²) in [6, 6.07) is 1.09. The molecule has 0 aliphatic carbocycles. The smallest absolute Gasteiger partial charge is 0.242 e. The number of fused-ring (bicyclic) bond motifs is 2. The van der Waals surface area contributed by atoms with Gasteiger partial charge in [0.05, 0.1) is 6.54 Å². The molecule has 0 spiro atoms. The maximum atomic E-state index is 14.0. The molecule has 3 N–H and O–H groups in total. The van der Waals surface area contributed by atoms with Crippen molar-refractivity contribution in [3.8, 4) is 0 Å². The maximum Gasteiger partial charge on any atom is 0.242 e. The molecule has 1 aromatic carbocycles. The second-order valence-electron chi connectivity index (χ2n) is 9.68. The fraction of sp³-hybridized carbons (Fsp3) is 0.667. The van der Waals surface area contributed by atoms with Gasteiger partial charge < -0.3 is 20.7 Å². The number of hydrogen-bond acceptors (Lipinski definition) is 4. The third kappa shape index (κ3) is 5.69. The third-order valence-corrected chi connectivity index (χ3v) is 7.46. The van der Waals surface area contributed by atoms with E-state index in [1.807, 2.05) is 4.90 Å². The molecule has 2 bridgehead atoms. The Morgan fingerprint density at radius 2 is 1.67 bits per heavy atom. The number of nitrogens with zero attached hydrogens (tertiary/aromatic N) is 1. The highest BCUT2D eigenvalue weighted by Crippen LogP contribution is 2.40. The standard InChI is InChI=1S/C24H32F3N3O3/c25-19-12-21(27)20(26)10-15(19)11-22(28)16-8-17-1-2-18(9-16)30(17)24(32)13-29-23(31)7-14-3-5-33-6-4-14/h10,12,14,16-18,22H,1-9,11,13,28H2,(H,29,31)/t17-,18-,22-/m1/s1. The highest BCUT2D eigenvalue weighted by atomic mass is 19.2. The van der Waals surface area contributed by atoms with Gasteiger partial charge in [0.15, 0.2) is 11.6 Å². The largest absolute Gasteiger partial charge is 0.381 e. The molecule has 3 aliphatic rings. The first-order valence-electron chi connectivity index (χ1n) is 11.9. The monoisotopic (exact) mass is 467 g/mol. The van der Waals surface area contributed by atoms with E-state index in [0.29, 0.717) is 44.5 Å². The summed E-state index contributed by atoms with van der Waals surface area (Å²) in [6.45, 7) is 1.35. The van der Waals surface area contributed by atoms with E-state index in [4.69, 9.17) is 10.5 Å². The summed E-state index contributed by atoms with van der Waals surface area (Å²) in [5.41, 5.74) is 6.42. The number of nitrogens with one attached hydrogen (secondary N) is 1. The predicted octanol–water partition coefficient (Wildman–Crippen LogP) is 2.68. The minimum absolute atomic E-state index is 0.00809. The van der Waals surface area contributed by atoms with Crippen LogP contribution in [0.3, 0.4) is 0 Å². The summed E-state index contributed by atoms with van der Waals surface area (Å²) < 4.78 is 46.1. The Labute approximate surface area is 192 Å². The highest BCUT2D eigenvalue weighted by molar-refractivity contribution is 5.85. The van der Waals surface area contributed by atoms with Crippen LogP contribution >= 0.6 is 0 Å². The molecule has 9 heteroatoms. The van der Waals surface area contributed by atoms with Gasteiger partial charge in [0, 0.05) is 43.8 Å². The van der Waals surface area contributed by atoms with Crippen LogP contribution in [0.25, 0.3) is 0 Å². The Bertz CT molecular complexity index is 864. The van der Waals surface area contributed by atoms with Crippen molar-refractivity contribution in [3.05, 3.63) is 35.1 Å². The van der Waals surface area contributed by atoms with Crippen LogP contribution in [0, 0.1) is 29.3 Å². The van der Waals surface area contributed by atoms with Gasteiger partial charge in [0.1, 0.15) is 5.82 Å². The maximum absolute atomic E-state index is 14.0. The fourth-order valence-corrected chi connectivity index (χ4v) is 5.67. The molecule has 182 valence electrons. The Hall–Kier alpha value is -2.13. The topological polar surface area (TPSA) is 84.7 Å². The number of benzene rings is 1. The van der Waals surface area contributed by atoms with Crippen molar-refractivity contribution >= 4 is 11.8 Å². The third-order valence-electron chi connectivity index (χ3n) is 7.46. The molecule has 0 aromatic heterocycles. The number of rotatable bonds is 7. The Kier molecular flexibility index (Phi) is 7.58. The van der Waals surface area contributed by atoms with Gasteiger partial charge in [-0.1, -0.05) is 0 Å². The van der Waals surface area contributed by atoms with E-state index >= 15 is 0 Å². The van der Waals surface area contributed by atoms with E-state index < -0.39 is 23.5 Å². The molecular weight excluding hydrogens is 435 g/mol. The van der Waals surface area contributed by atoms with Crippen molar-refractivity contribution in [1.82, 2.24) is 10.2 Å². The quantitative estimate of drug-likeness (QED) is 0.604. The summed E-state index contributed by atoms with van der Waals surface area (Å²) in [5.74, 6) is -2.91. The van der Waals surface area contributed by atoms with E-state index in [1.165, 1.54) is 0 Å². The average molecular weight is 468 g/mol. The van der Waals surface area contributed by atoms with Crippen molar-refractivity contribution < 1.29 is 27.5 Å². The van der Waals surface area contributed by atoms with Crippen LogP contribution in [0.5, 0.6) is 0 Å². The van der Waals surface area contributed by atoms with Gasteiger partial charge in [0.2, 0.25) is 11.8 Å². The van der Waals surface area contributed by atoms with E-state index in [-0.39, 0.29) is 48.3 Å².